The van der Waals surface area contributed by atoms with Crippen LogP contribution >= 0.6 is 0 Å². The van der Waals surface area contributed by atoms with Crippen molar-refractivity contribution in [3.05, 3.63) is 54.5 Å². The Morgan fingerprint density at radius 2 is 1.90 bits per heavy atom. The molecule has 0 spiro atoms. The van der Waals surface area contributed by atoms with E-state index in [1.54, 1.807) is 6.20 Å². The topological polar surface area (TPSA) is 104 Å². The number of amides is 1. The highest BCUT2D eigenvalue weighted by Gasteiger charge is 2.20. The van der Waals surface area contributed by atoms with E-state index < -0.39 is 0 Å². The summed E-state index contributed by atoms with van der Waals surface area (Å²) in [7, 11) is 0. The maximum absolute atomic E-state index is 12.9. The number of hydrogen-bond acceptors (Lipinski definition) is 7. The zero-order valence-corrected chi connectivity index (χ0v) is 24.5. The molecule has 1 atom stereocenters. The summed E-state index contributed by atoms with van der Waals surface area (Å²) in [6.45, 7) is 11.1. The number of nitrogens with zero attached hydrogens (tertiary/aromatic N) is 8. The number of hydrogen-bond donors (Lipinski definition) is 0. The molecule has 2 aromatic heterocycles. The molecule has 0 radical (unpaired) electrons. The van der Waals surface area contributed by atoms with E-state index in [1.165, 1.54) is 36.7 Å². The number of pyridine rings is 1. The van der Waals surface area contributed by atoms with E-state index in [-0.39, 0.29) is 5.91 Å². The van der Waals surface area contributed by atoms with Crippen LogP contribution in [0.15, 0.2) is 49.0 Å². The second-order valence-corrected chi connectivity index (χ2v) is 9.45. The number of tetrazole rings is 1. The second kappa shape index (κ2) is 22.0. The van der Waals surface area contributed by atoms with Crippen LogP contribution in [0.1, 0.15) is 71.3 Å². The molecule has 0 saturated carbocycles. The molecule has 1 saturated heterocycles. The average molecular weight is 547 g/mol. The number of terminal acetylenes is 1. The first-order valence-electron chi connectivity index (χ1n) is 14.4. The minimum atomic E-state index is 0.163. The molecule has 0 aromatic carbocycles. The zero-order chi connectivity index (χ0) is 29.4. The van der Waals surface area contributed by atoms with Crippen molar-refractivity contribution in [2.75, 3.05) is 32.7 Å². The highest BCUT2D eigenvalue weighted by molar-refractivity contribution is 5.78. The van der Waals surface area contributed by atoms with Crippen LogP contribution in [0.25, 0.3) is 5.82 Å². The van der Waals surface area contributed by atoms with Gasteiger partial charge in [0, 0.05) is 32.4 Å². The van der Waals surface area contributed by atoms with Crippen LogP contribution in [-0.2, 0) is 11.2 Å². The lowest BCUT2D eigenvalue weighted by atomic mass is 10.0. The highest BCUT2D eigenvalue weighted by Crippen LogP contribution is 2.15. The molecule has 2 aromatic rings. The first-order chi connectivity index (χ1) is 19.7. The van der Waals surface area contributed by atoms with E-state index in [2.05, 4.69) is 57.3 Å². The molecule has 40 heavy (non-hydrogen) atoms. The normalized spacial score (nSPS) is 14.4. The predicted molar refractivity (Wildman–Crippen MR) is 160 cm³/mol. The molecule has 216 valence electrons. The van der Waals surface area contributed by atoms with Crippen molar-refractivity contribution in [2.24, 2.45) is 5.92 Å². The molecule has 3 heterocycles. The maximum atomic E-state index is 12.9. The Balaban J connectivity index is 0.00000191. The van der Waals surface area contributed by atoms with Crippen molar-refractivity contribution in [1.82, 2.24) is 35.0 Å². The number of carbonyl (C=O) groups is 1. The smallest absolute Gasteiger partial charge is 0.227 e. The van der Waals surface area contributed by atoms with Crippen molar-refractivity contribution in [3.63, 3.8) is 0 Å². The number of nitriles is 1. The quantitative estimate of drug-likeness (QED) is 0.197. The summed E-state index contributed by atoms with van der Waals surface area (Å²) in [5.41, 5.74) is 0.900. The van der Waals surface area contributed by atoms with Gasteiger partial charge in [-0.2, -0.15) is 9.94 Å². The third kappa shape index (κ3) is 13.8. The van der Waals surface area contributed by atoms with Crippen LogP contribution < -0.4 is 0 Å². The van der Waals surface area contributed by atoms with Gasteiger partial charge >= 0.3 is 0 Å². The maximum Gasteiger partial charge on any atom is 0.227 e. The van der Waals surface area contributed by atoms with E-state index in [0.29, 0.717) is 24.6 Å². The Bertz CT molecular complexity index is 1040. The number of rotatable bonds is 13. The first kappa shape index (κ1) is 34.2. The third-order valence-electron chi connectivity index (χ3n) is 6.42. The SMILES string of the molecule is C#C.CC.CC(CCCCC/C=C\C=C/CC#N)CN1CCCN(C(=O)Cc2ccc(-n3cnnn3)nc2)CC1. The summed E-state index contributed by atoms with van der Waals surface area (Å²) in [4.78, 5) is 21.8. The predicted octanol–water partition coefficient (Wildman–Crippen LogP) is 5.02. The zero-order valence-electron chi connectivity index (χ0n) is 24.5. The van der Waals surface area contributed by atoms with Gasteiger partial charge in [0.05, 0.1) is 18.9 Å². The van der Waals surface area contributed by atoms with E-state index in [9.17, 15) is 4.79 Å². The van der Waals surface area contributed by atoms with E-state index in [0.717, 1.165) is 51.1 Å². The number of aromatic nitrogens is 5. The van der Waals surface area contributed by atoms with Gasteiger partial charge in [0.25, 0.3) is 0 Å². The minimum absolute atomic E-state index is 0.163. The molecule has 3 rings (SSSR count). The molecule has 9 heteroatoms. The fraction of sp³-hybridized carbons (Fsp3) is 0.548. The molecule has 1 amide bonds. The monoisotopic (exact) mass is 546 g/mol. The van der Waals surface area contributed by atoms with Gasteiger partial charge in [0.1, 0.15) is 6.33 Å². The van der Waals surface area contributed by atoms with Crippen molar-refractivity contribution in [1.29, 1.82) is 5.26 Å². The van der Waals surface area contributed by atoms with Crippen molar-refractivity contribution in [2.45, 2.75) is 72.1 Å². The Kier molecular flexibility index (Phi) is 18.9. The number of carbonyl (C=O) groups excluding carboxylic acids is 1. The summed E-state index contributed by atoms with van der Waals surface area (Å²) < 4.78 is 1.49. The fourth-order valence-electron chi connectivity index (χ4n) is 4.45. The third-order valence-corrected chi connectivity index (χ3v) is 6.42. The van der Waals surface area contributed by atoms with Gasteiger partial charge in [-0.3, -0.25) is 4.79 Å². The van der Waals surface area contributed by atoms with Gasteiger partial charge < -0.3 is 9.80 Å². The minimum Gasteiger partial charge on any atom is -0.341 e. The number of allylic oxidation sites excluding steroid dienone is 4. The van der Waals surface area contributed by atoms with Crippen molar-refractivity contribution >= 4 is 5.91 Å². The summed E-state index contributed by atoms with van der Waals surface area (Å²) >= 11 is 0. The summed E-state index contributed by atoms with van der Waals surface area (Å²) in [5, 5.41) is 19.6. The molecule has 1 fully saturated rings. The molecular weight excluding hydrogens is 500 g/mol. The van der Waals surface area contributed by atoms with Gasteiger partial charge in [-0.1, -0.05) is 64.0 Å². The number of unbranched alkanes of at least 4 members (excludes halogenated alkanes) is 3. The fourth-order valence-corrected chi connectivity index (χ4v) is 4.45. The Morgan fingerprint density at radius 1 is 1.10 bits per heavy atom. The van der Waals surface area contributed by atoms with E-state index >= 15 is 0 Å². The van der Waals surface area contributed by atoms with Crippen LogP contribution in [-0.4, -0.2) is 73.6 Å². The Labute approximate surface area is 241 Å². The van der Waals surface area contributed by atoms with Gasteiger partial charge in [0.2, 0.25) is 5.91 Å². The summed E-state index contributed by atoms with van der Waals surface area (Å²) in [6.07, 6.45) is 27.2. The van der Waals surface area contributed by atoms with Crippen LogP contribution in [0.3, 0.4) is 0 Å². The van der Waals surface area contributed by atoms with Crippen LogP contribution in [0.4, 0.5) is 0 Å². The molecule has 1 aliphatic heterocycles. The molecule has 0 N–H and O–H groups in total. The molecule has 0 bridgehead atoms. The van der Waals surface area contributed by atoms with Gasteiger partial charge in [-0.05, 0) is 60.2 Å². The van der Waals surface area contributed by atoms with Gasteiger partial charge in [-0.25, -0.2) is 4.98 Å². The average Bonchev–Trinajstić information content (AvgIpc) is 3.43. The lowest BCUT2D eigenvalue weighted by Crippen LogP contribution is -2.37. The van der Waals surface area contributed by atoms with Crippen molar-refractivity contribution in [3.8, 4) is 24.7 Å². The molecule has 1 aliphatic rings. The standard InChI is InChI=1S/C27H38N8O.C2H6.C2H2/c1-24(12-9-7-5-3-2-4-6-8-10-15-28)22-33-16-11-17-34(19-18-33)27(36)20-25-13-14-26(29-21-25)35-23-30-31-32-35;2*1-2/h2,4,6,8,13-14,21,23-24H,3,5,7,9-12,16-20,22H2,1H3;1-2H3;1-2H/b4-2-,8-6-;;. The van der Waals surface area contributed by atoms with E-state index in [1.807, 2.05) is 49.1 Å². The largest absolute Gasteiger partial charge is 0.341 e. The van der Waals surface area contributed by atoms with Crippen LogP contribution in [0, 0.1) is 30.1 Å². The molecule has 0 aliphatic carbocycles. The second-order valence-electron chi connectivity index (χ2n) is 9.45. The summed E-state index contributed by atoms with van der Waals surface area (Å²) in [6, 6.07) is 5.85. The molecular formula is C31H46N8O. The lowest BCUT2D eigenvalue weighted by Gasteiger charge is -2.24. The van der Waals surface area contributed by atoms with Crippen molar-refractivity contribution < 1.29 is 4.79 Å². The Morgan fingerprint density at radius 3 is 2.60 bits per heavy atom. The van der Waals surface area contributed by atoms with Gasteiger partial charge in [-0.15, -0.1) is 17.9 Å². The van der Waals surface area contributed by atoms with Gasteiger partial charge in [0.15, 0.2) is 5.82 Å². The van der Waals surface area contributed by atoms with Crippen LogP contribution in [0.5, 0.6) is 0 Å². The molecule has 9 nitrogen and oxygen atoms in total. The first-order valence-corrected chi connectivity index (χ1v) is 14.4. The summed E-state index contributed by atoms with van der Waals surface area (Å²) in [5.74, 6) is 1.46. The molecule has 1 unspecified atom stereocenters. The van der Waals surface area contributed by atoms with E-state index in [4.69, 9.17) is 5.26 Å². The Hall–Kier alpha value is -3.82. The highest BCUT2D eigenvalue weighted by atomic mass is 16.2. The lowest BCUT2D eigenvalue weighted by molar-refractivity contribution is -0.130. The van der Waals surface area contributed by atoms with Crippen LogP contribution in [0.2, 0.25) is 0 Å².